The Morgan fingerprint density at radius 3 is 2.35 bits per heavy atom. The number of nitrogens with two attached hydrogens (primary N) is 1. The van der Waals surface area contributed by atoms with Crippen LogP contribution in [0.5, 0.6) is 0 Å². The summed E-state index contributed by atoms with van der Waals surface area (Å²) in [4.78, 5) is 12.5. The summed E-state index contributed by atoms with van der Waals surface area (Å²) in [6.07, 6.45) is 3.04. The van der Waals surface area contributed by atoms with Gasteiger partial charge in [-0.05, 0) is 25.7 Å². The monoisotopic (exact) mass is 304 g/mol. The first kappa shape index (κ1) is 19.3. The van der Waals surface area contributed by atoms with E-state index < -0.39 is 5.41 Å². The maximum Gasteiger partial charge on any atom is 0.233 e. The number of rotatable bonds is 12. The van der Waals surface area contributed by atoms with Crippen molar-refractivity contribution in [3.63, 3.8) is 0 Å². The lowest BCUT2D eigenvalue weighted by atomic mass is 9.81. The van der Waals surface area contributed by atoms with Crippen molar-refractivity contribution in [1.29, 1.82) is 0 Å². The smallest absolute Gasteiger partial charge is 0.233 e. The molecular weight excluding hydrogens is 276 g/mol. The van der Waals surface area contributed by atoms with Gasteiger partial charge in [0.25, 0.3) is 0 Å². The second kappa shape index (κ2) is 11.0. The fourth-order valence-electron chi connectivity index (χ4n) is 1.98. The summed E-state index contributed by atoms with van der Waals surface area (Å²) in [6, 6.07) is 0. The minimum absolute atomic E-state index is 0.0599. The maximum atomic E-state index is 12.2. The van der Waals surface area contributed by atoms with Crippen LogP contribution in [0.2, 0.25) is 0 Å². The highest BCUT2D eigenvalue weighted by molar-refractivity contribution is 7.80. The van der Waals surface area contributed by atoms with E-state index in [1.54, 1.807) is 7.11 Å². The topological polar surface area (TPSA) is 73.6 Å². The van der Waals surface area contributed by atoms with Gasteiger partial charge in [0.2, 0.25) is 5.91 Å². The highest BCUT2D eigenvalue weighted by atomic mass is 32.1. The Hall–Kier alpha value is -0.720. The predicted octanol–water partition coefficient (Wildman–Crippen LogP) is 1.64. The van der Waals surface area contributed by atoms with Gasteiger partial charge >= 0.3 is 0 Å². The summed E-state index contributed by atoms with van der Waals surface area (Å²) in [5.74, 6) is -0.0599. The van der Waals surface area contributed by atoms with Crippen LogP contribution in [-0.2, 0) is 14.3 Å². The van der Waals surface area contributed by atoms with Gasteiger partial charge in [-0.25, -0.2) is 0 Å². The molecule has 0 heterocycles. The number of methoxy groups -OCH3 is 1. The van der Waals surface area contributed by atoms with Gasteiger partial charge in [0.05, 0.1) is 23.6 Å². The molecule has 0 aliphatic heterocycles. The average Bonchev–Trinajstić information content (AvgIpc) is 2.43. The second-order valence-corrected chi connectivity index (χ2v) is 5.16. The first-order chi connectivity index (χ1) is 9.55. The molecule has 0 atom stereocenters. The molecule has 3 N–H and O–H groups in total. The zero-order valence-corrected chi connectivity index (χ0v) is 13.7. The van der Waals surface area contributed by atoms with Gasteiger partial charge in [0.15, 0.2) is 0 Å². The van der Waals surface area contributed by atoms with Gasteiger partial charge in [0.1, 0.15) is 0 Å². The van der Waals surface area contributed by atoms with Gasteiger partial charge in [-0.2, -0.15) is 0 Å². The lowest BCUT2D eigenvalue weighted by molar-refractivity contribution is -0.127. The number of carbonyl (C=O) groups excluding carboxylic acids is 1. The first-order valence-electron chi connectivity index (χ1n) is 7.20. The summed E-state index contributed by atoms with van der Waals surface area (Å²) in [5.41, 5.74) is 5.03. The van der Waals surface area contributed by atoms with Gasteiger partial charge in [-0.15, -0.1) is 0 Å². The Labute approximate surface area is 127 Å². The number of hydrogen-bond donors (Lipinski definition) is 2. The van der Waals surface area contributed by atoms with Crippen LogP contribution in [-0.4, -0.2) is 44.4 Å². The van der Waals surface area contributed by atoms with E-state index in [-0.39, 0.29) is 10.9 Å². The molecule has 0 fully saturated rings. The van der Waals surface area contributed by atoms with Crippen molar-refractivity contribution in [3.8, 4) is 0 Å². The quantitative estimate of drug-likeness (QED) is 0.423. The molecule has 0 unspecified atom stereocenters. The van der Waals surface area contributed by atoms with Crippen LogP contribution >= 0.6 is 12.2 Å². The lowest BCUT2D eigenvalue weighted by Gasteiger charge is -2.28. The highest BCUT2D eigenvalue weighted by Crippen LogP contribution is 2.27. The normalized spacial score (nSPS) is 11.3. The van der Waals surface area contributed by atoms with E-state index in [0.717, 1.165) is 12.8 Å². The van der Waals surface area contributed by atoms with Crippen molar-refractivity contribution in [2.45, 2.75) is 39.5 Å². The summed E-state index contributed by atoms with van der Waals surface area (Å²) in [7, 11) is 1.65. The highest BCUT2D eigenvalue weighted by Gasteiger charge is 2.37. The Morgan fingerprint density at radius 2 is 1.85 bits per heavy atom. The molecule has 0 rings (SSSR count). The van der Waals surface area contributed by atoms with E-state index in [2.05, 4.69) is 5.32 Å². The zero-order chi connectivity index (χ0) is 15.4. The summed E-state index contributed by atoms with van der Waals surface area (Å²) >= 11 is 5.05. The maximum absolute atomic E-state index is 12.2. The molecule has 0 aliphatic rings. The summed E-state index contributed by atoms with van der Waals surface area (Å²) < 4.78 is 10.2. The van der Waals surface area contributed by atoms with Crippen LogP contribution in [0.3, 0.4) is 0 Å². The Bertz CT molecular complexity index is 294. The minimum Gasteiger partial charge on any atom is -0.392 e. The number of thiocarbonyl (C=S) groups is 1. The fourth-order valence-corrected chi connectivity index (χ4v) is 2.36. The number of nitrogens with one attached hydrogen (secondary N) is 1. The molecule has 0 aromatic carbocycles. The van der Waals surface area contributed by atoms with E-state index in [4.69, 9.17) is 27.4 Å². The van der Waals surface area contributed by atoms with Crippen LogP contribution in [0.25, 0.3) is 0 Å². The Morgan fingerprint density at radius 1 is 1.20 bits per heavy atom. The summed E-state index contributed by atoms with van der Waals surface area (Å²) in [6.45, 7) is 6.40. The molecule has 20 heavy (non-hydrogen) atoms. The lowest BCUT2D eigenvalue weighted by Crippen LogP contribution is -2.48. The molecular formula is C14H28N2O3S. The molecule has 6 heteroatoms. The molecule has 1 amide bonds. The van der Waals surface area contributed by atoms with Gasteiger partial charge in [-0.3, -0.25) is 4.79 Å². The first-order valence-corrected chi connectivity index (χ1v) is 7.60. The van der Waals surface area contributed by atoms with E-state index in [9.17, 15) is 4.79 Å². The molecule has 0 bridgehead atoms. The van der Waals surface area contributed by atoms with Gasteiger partial charge < -0.3 is 20.5 Å². The SMILES string of the molecule is CCC(CC)(C(=O)NCCCCOCCOC)C(N)=S. The third-order valence-electron chi connectivity index (χ3n) is 3.55. The van der Waals surface area contributed by atoms with Crippen molar-refractivity contribution in [2.24, 2.45) is 11.1 Å². The summed E-state index contributed by atoms with van der Waals surface area (Å²) in [5, 5.41) is 2.92. The largest absolute Gasteiger partial charge is 0.392 e. The standard InChI is InChI=1S/C14H28N2O3S/c1-4-14(5-2,12(15)20)13(17)16-8-6-7-9-19-11-10-18-3/h4-11H2,1-3H3,(H2,15,20)(H,16,17). The van der Waals surface area contributed by atoms with Gasteiger partial charge in [0, 0.05) is 20.3 Å². The van der Waals surface area contributed by atoms with E-state index >= 15 is 0 Å². The van der Waals surface area contributed by atoms with E-state index in [1.165, 1.54) is 0 Å². The number of carbonyl (C=O) groups is 1. The van der Waals surface area contributed by atoms with Crippen molar-refractivity contribution in [3.05, 3.63) is 0 Å². The van der Waals surface area contributed by atoms with Crippen molar-refractivity contribution in [1.82, 2.24) is 5.32 Å². The molecule has 0 aromatic heterocycles. The third kappa shape index (κ3) is 6.15. The van der Waals surface area contributed by atoms with E-state index in [1.807, 2.05) is 13.8 Å². The third-order valence-corrected chi connectivity index (χ3v) is 3.94. The molecule has 5 nitrogen and oxygen atoms in total. The van der Waals surface area contributed by atoms with Crippen LogP contribution in [0.15, 0.2) is 0 Å². The molecule has 118 valence electrons. The molecule has 0 radical (unpaired) electrons. The van der Waals surface area contributed by atoms with Crippen molar-refractivity contribution < 1.29 is 14.3 Å². The van der Waals surface area contributed by atoms with E-state index in [0.29, 0.717) is 39.2 Å². The number of unbranched alkanes of at least 4 members (excludes halogenated alkanes) is 1. The molecule has 0 spiro atoms. The minimum atomic E-state index is -0.704. The van der Waals surface area contributed by atoms with Crippen LogP contribution < -0.4 is 11.1 Å². The number of ether oxygens (including phenoxy) is 2. The van der Waals surface area contributed by atoms with Crippen molar-refractivity contribution >= 4 is 23.1 Å². The van der Waals surface area contributed by atoms with Gasteiger partial charge in [-0.1, -0.05) is 26.1 Å². The predicted molar refractivity (Wildman–Crippen MR) is 84.7 cm³/mol. The number of hydrogen-bond acceptors (Lipinski definition) is 4. The average molecular weight is 304 g/mol. The van der Waals surface area contributed by atoms with Crippen LogP contribution in [0.4, 0.5) is 0 Å². The van der Waals surface area contributed by atoms with Crippen molar-refractivity contribution in [2.75, 3.05) is 33.5 Å². The molecule has 0 saturated heterocycles. The number of amides is 1. The molecule has 0 saturated carbocycles. The second-order valence-electron chi connectivity index (χ2n) is 4.72. The molecule has 0 aromatic rings. The molecule has 0 aliphatic carbocycles. The van der Waals surface area contributed by atoms with Crippen LogP contribution in [0.1, 0.15) is 39.5 Å². The Kier molecular flexibility index (Phi) is 10.6. The Balaban J connectivity index is 3.89. The van der Waals surface area contributed by atoms with Crippen LogP contribution in [0, 0.1) is 5.41 Å². The zero-order valence-electron chi connectivity index (χ0n) is 12.9. The fraction of sp³-hybridized carbons (Fsp3) is 0.857.